The van der Waals surface area contributed by atoms with E-state index in [0.29, 0.717) is 5.56 Å². The van der Waals surface area contributed by atoms with Crippen LogP contribution in [-0.2, 0) is 10.4 Å². The molecular weight excluding hydrogens is 424 g/mol. The van der Waals surface area contributed by atoms with Gasteiger partial charge in [0.15, 0.2) is 0 Å². The fourth-order valence-electron chi connectivity index (χ4n) is 3.21. The number of oxime groups is 1. The third-order valence-corrected chi connectivity index (χ3v) is 5.13. The first-order valence-electron chi connectivity index (χ1n) is 8.59. The van der Waals surface area contributed by atoms with Crippen LogP contribution in [0.25, 0.3) is 11.3 Å². The maximum absolute atomic E-state index is 14.0. The van der Waals surface area contributed by atoms with Crippen LogP contribution >= 0.6 is 23.2 Å². The number of hydrogen-bond donors (Lipinski definition) is 0. The zero-order chi connectivity index (χ0) is 20.6. The maximum atomic E-state index is 14.0. The fraction of sp³-hybridized carbons (Fsp3) is 0.143. The molecule has 2 heterocycles. The van der Waals surface area contributed by atoms with Gasteiger partial charge in [0.25, 0.3) is 5.60 Å². The van der Waals surface area contributed by atoms with Gasteiger partial charge < -0.3 is 4.84 Å². The molecule has 0 saturated carbocycles. The van der Waals surface area contributed by atoms with E-state index >= 15 is 0 Å². The molecule has 29 heavy (non-hydrogen) atoms. The van der Waals surface area contributed by atoms with Crippen molar-refractivity contribution < 1.29 is 18.0 Å². The van der Waals surface area contributed by atoms with Gasteiger partial charge in [0.05, 0.1) is 11.4 Å². The van der Waals surface area contributed by atoms with Crippen LogP contribution in [0.4, 0.5) is 13.2 Å². The zero-order valence-electron chi connectivity index (χ0n) is 14.8. The van der Waals surface area contributed by atoms with Gasteiger partial charge in [0.2, 0.25) is 0 Å². The summed E-state index contributed by atoms with van der Waals surface area (Å²) in [6.45, 7) is 0. The Morgan fingerprint density at radius 3 is 2.14 bits per heavy atom. The summed E-state index contributed by atoms with van der Waals surface area (Å²) in [5.41, 5.74) is -0.503. The van der Waals surface area contributed by atoms with Crippen LogP contribution in [0.1, 0.15) is 17.5 Å². The van der Waals surface area contributed by atoms with Crippen LogP contribution in [0.5, 0.6) is 0 Å². The summed E-state index contributed by atoms with van der Waals surface area (Å²) in [6.07, 6.45) is -3.54. The zero-order valence-corrected chi connectivity index (χ0v) is 16.3. The van der Waals surface area contributed by atoms with Crippen molar-refractivity contribution in [3.05, 3.63) is 88.0 Å². The van der Waals surface area contributed by atoms with Gasteiger partial charge in [-0.2, -0.15) is 13.2 Å². The van der Waals surface area contributed by atoms with Crippen molar-refractivity contribution in [2.45, 2.75) is 18.2 Å². The SMILES string of the molecule is FC(F)(F)C1(c2cc(Cl)cc(Cl)c2)CC(c2ccc(-c3ccccn3)cc2)=NO1. The second-order valence-electron chi connectivity index (χ2n) is 6.58. The molecule has 0 radical (unpaired) electrons. The molecule has 0 fully saturated rings. The van der Waals surface area contributed by atoms with Crippen molar-refractivity contribution in [2.75, 3.05) is 0 Å². The molecule has 1 unspecified atom stereocenters. The van der Waals surface area contributed by atoms with E-state index in [0.717, 1.165) is 11.3 Å². The van der Waals surface area contributed by atoms with Gasteiger partial charge in [-0.15, -0.1) is 0 Å². The molecule has 8 heteroatoms. The number of aromatic nitrogens is 1. The summed E-state index contributed by atoms with van der Waals surface area (Å²) in [5, 5.41) is 3.94. The summed E-state index contributed by atoms with van der Waals surface area (Å²) in [6, 6.07) is 16.2. The number of hydrogen-bond acceptors (Lipinski definition) is 3. The van der Waals surface area contributed by atoms with Gasteiger partial charge in [-0.25, -0.2) is 0 Å². The minimum atomic E-state index is -4.72. The van der Waals surface area contributed by atoms with E-state index in [1.54, 1.807) is 36.5 Å². The molecule has 3 nitrogen and oxygen atoms in total. The smallest absolute Gasteiger partial charge is 0.374 e. The number of pyridine rings is 1. The molecular formula is C21H13Cl2F3N2O. The molecule has 0 bridgehead atoms. The number of halogens is 5. The van der Waals surface area contributed by atoms with Gasteiger partial charge in [-0.3, -0.25) is 4.98 Å². The highest BCUT2D eigenvalue weighted by Crippen LogP contribution is 2.49. The van der Waals surface area contributed by atoms with E-state index < -0.39 is 18.2 Å². The third kappa shape index (κ3) is 3.70. The van der Waals surface area contributed by atoms with E-state index in [4.69, 9.17) is 28.0 Å². The first kappa shape index (κ1) is 19.7. The van der Waals surface area contributed by atoms with Crippen LogP contribution in [0, 0.1) is 0 Å². The Kier molecular flexibility index (Phi) is 5.00. The van der Waals surface area contributed by atoms with Crippen molar-refractivity contribution in [1.29, 1.82) is 0 Å². The first-order valence-corrected chi connectivity index (χ1v) is 9.34. The normalized spacial score (nSPS) is 19.0. The predicted octanol–water partition coefficient (Wildman–Crippen LogP) is 6.64. The average Bonchev–Trinajstić information content (AvgIpc) is 3.15. The van der Waals surface area contributed by atoms with Crippen molar-refractivity contribution in [3.63, 3.8) is 0 Å². The lowest BCUT2D eigenvalue weighted by molar-refractivity contribution is -0.275. The minimum Gasteiger partial charge on any atom is -0.374 e. The molecule has 1 atom stereocenters. The highest BCUT2D eigenvalue weighted by atomic mass is 35.5. The summed E-state index contributed by atoms with van der Waals surface area (Å²) < 4.78 is 42.1. The largest absolute Gasteiger partial charge is 0.435 e. The second-order valence-corrected chi connectivity index (χ2v) is 7.45. The predicted molar refractivity (Wildman–Crippen MR) is 106 cm³/mol. The molecule has 0 saturated heterocycles. The molecule has 0 aliphatic carbocycles. The number of alkyl halides is 3. The highest BCUT2D eigenvalue weighted by molar-refractivity contribution is 6.34. The Labute approximate surface area is 174 Å². The quantitative estimate of drug-likeness (QED) is 0.461. The van der Waals surface area contributed by atoms with Crippen molar-refractivity contribution in [2.24, 2.45) is 5.16 Å². The van der Waals surface area contributed by atoms with Crippen LogP contribution < -0.4 is 0 Å². The molecule has 0 spiro atoms. The Morgan fingerprint density at radius 2 is 1.55 bits per heavy atom. The van der Waals surface area contributed by atoms with Crippen molar-refractivity contribution in [1.82, 2.24) is 4.98 Å². The van der Waals surface area contributed by atoms with Crippen LogP contribution in [-0.4, -0.2) is 16.9 Å². The molecule has 0 amide bonds. The standard InChI is InChI=1S/C21H13Cl2F3N2O/c22-16-9-15(10-17(23)11-16)20(21(24,25)26)12-19(28-29-20)14-6-4-13(5-7-14)18-3-1-2-8-27-18/h1-11H,12H2. The fourth-order valence-corrected chi connectivity index (χ4v) is 3.74. The molecule has 0 N–H and O–H groups in total. The second kappa shape index (κ2) is 7.35. The van der Waals surface area contributed by atoms with Crippen LogP contribution in [0.15, 0.2) is 72.0 Å². The first-order chi connectivity index (χ1) is 13.8. The van der Waals surface area contributed by atoms with E-state index in [1.165, 1.54) is 18.2 Å². The topological polar surface area (TPSA) is 34.5 Å². The highest BCUT2D eigenvalue weighted by Gasteiger charge is 2.62. The molecule has 2 aromatic carbocycles. The van der Waals surface area contributed by atoms with Gasteiger partial charge in [-0.1, -0.05) is 58.7 Å². The van der Waals surface area contributed by atoms with E-state index in [-0.39, 0.29) is 21.3 Å². The summed E-state index contributed by atoms with van der Waals surface area (Å²) in [5.74, 6) is 0. The Morgan fingerprint density at radius 1 is 0.897 bits per heavy atom. The minimum absolute atomic E-state index is 0.0906. The third-order valence-electron chi connectivity index (χ3n) is 4.69. The monoisotopic (exact) mass is 436 g/mol. The van der Waals surface area contributed by atoms with Crippen LogP contribution in [0.3, 0.4) is 0 Å². The lowest BCUT2D eigenvalue weighted by Gasteiger charge is -2.29. The summed E-state index contributed by atoms with van der Waals surface area (Å²) >= 11 is 11.8. The van der Waals surface area contributed by atoms with Crippen molar-refractivity contribution in [3.8, 4) is 11.3 Å². The average molecular weight is 437 g/mol. The Balaban J connectivity index is 1.66. The van der Waals surface area contributed by atoms with Gasteiger partial charge >= 0.3 is 6.18 Å². The van der Waals surface area contributed by atoms with Gasteiger partial charge in [0, 0.05) is 33.8 Å². The lowest BCUT2D eigenvalue weighted by Crippen LogP contribution is -2.42. The number of nitrogens with zero attached hydrogens (tertiary/aromatic N) is 2. The van der Waals surface area contributed by atoms with Crippen LogP contribution in [0.2, 0.25) is 10.0 Å². The summed E-state index contributed by atoms with van der Waals surface area (Å²) in [7, 11) is 0. The van der Waals surface area contributed by atoms with Gasteiger partial charge in [0.1, 0.15) is 0 Å². The Bertz CT molecular complexity index is 1050. The summed E-state index contributed by atoms with van der Waals surface area (Å²) in [4.78, 5) is 9.28. The Hall–Kier alpha value is -2.57. The van der Waals surface area contributed by atoms with E-state index in [1.807, 2.05) is 12.1 Å². The molecule has 4 rings (SSSR count). The van der Waals surface area contributed by atoms with Crippen molar-refractivity contribution >= 4 is 28.9 Å². The molecule has 1 aliphatic rings. The van der Waals surface area contributed by atoms with E-state index in [9.17, 15) is 13.2 Å². The molecule has 1 aliphatic heterocycles. The number of benzene rings is 2. The lowest BCUT2D eigenvalue weighted by atomic mass is 9.86. The molecule has 1 aromatic heterocycles. The van der Waals surface area contributed by atoms with E-state index in [2.05, 4.69) is 10.1 Å². The van der Waals surface area contributed by atoms with Gasteiger partial charge in [-0.05, 0) is 35.9 Å². The molecule has 148 valence electrons. The number of rotatable bonds is 3. The maximum Gasteiger partial charge on any atom is 0.435 e. The molecule has 3 aromatic rings.